The molecule has 6 heterocycles. The minimum Gasteiger partial charge on any atom is -0.379 e. The molecule has 2 aromatic carbocycles. The van der Waals surface area contributed by atoms with Gasteiger partial charge in [-0.2, -0.15) is 15.2 Å². The standard InChI is InChI=1S/2C19H20F3N5O3/c1-11-8-25-12(3-4-23-25)9-24(11)19(29)27(26-10-14(30-2)7-17(26)28)13-5-15(20)18(22)16(21)6-13;1-10-8-26-15(3-4-23-26)18(25-9-12(30-2)7-16(25)28)27(10)19(29)24-11-5-13(20)17(22)14(21)6-11/h3-6,11,14H,7-10H2,1-2H3;3-6,10,12,18H,7-9H2,1-2H3,(H,24,29)/t11?,14-;10?,12-,18?/m01/s1. The van der Waals surface area contributed by atoms with Crippen molar-refractivity contribution < 1.29 is 55.0 Å². The summed E-state index contributed by atoms with van der Waals surface area (Å²) in [7, 11) is 2.94. The van der Waals surface area contributed by atoms with E-state index in [2.05, 4.69) is 15.5 Å². The summed E-state index contributed by atoms with van der Waals surface area (Å²) < 4.78 is 95.8. The van der Waals surface area contributed by atoms with E-state index in [1.165, 1.54) is 28.9 Å². The molecule has 0 radical (unpaired) electrons. The Hall–Kier alpha value is -6.16. The van der Waals surface area contributed by atoms with Crippen LogP contribution >= 0.6 is 0 Å². The molecule has 1 N–H and O–H groups in total. The van der Waals surface area contributed by atoms with E-state index in [-0.39, 0.29) is 61.9 Å². The summed E-state index contributed by atoms with van der Waals surface area (Å²) in [6.45, 7) is 4.85. The topological polar surface area (TPSA) is 151 Å². The Morgan fingerprint density at radius 2 is 1.32 bits per heavy atom. The first kappa shape index (κ1) is 42.0. The number of carbonyl (C=O) groups excluding carboxylic acids is 4. The molecule has 2 fully saturated rings. The number of fused-ring (bicyclic) bond motifs is 2. The number of likely N-dealkylation sites (tertiary alicyclic amines) is 1. The molecule has 22 heteroatoms. The molecule has 0 saturated carbocycles. The number of hydrazine groups is 1. The molecular formula is C38H40F6N10O6. The highest BCUT2D eigenvalue weighted by molar-refractivity contribution is 5.96. The smallest absolute Gasteiger partial charge is 0.344 e. The maximum absolute atomic E-state index is 14.0. The normalized spacial score (nSPS) is 22.4. The van der Waals surface area contributed by atoms with Crippen molar-refractivity contribution in [3.8, 4) is 0 Å². The van der Waals surface area contributed by atoms with Crippen molar-refractivity contribution in [1.29, 1.82) is 0 Å². The largest absolute Gasteiger partial charge is 0.379 e. The van der Waals surface area contributed by atoms with Crippen molar-refractivity contribution in [2.24, 2.45) is 0 Å². The number of nitrogens with one attached hydrogen (secondary N) is 1. The third-order valence-corrected chi connectivity index (χ3v) is 10.8. The number of halogens is 6. The molecule has 0 aliphatic carbocycles. The molecule has 60 heavy (non-hydrogen) atoms. The molecule has 2 aromatic heterocycles. The number of methoxy groups -OCH3 is 2. The number of carbonyl (C=O) groups is 4. The first-order chi connectivity index (χ1) is 28.6. The van der Waals surface area contributed by atoms with E-state index in [9.17, 15) is 45.5 Å². The second kappa shape index (κ2) is 16.8. The van der Waals surface area contributed by atoms with Gasteiger partial charge in [0.1, 0.15) is 0 Å². The minimum atomic E-state index is -1.65. The number of anilines is 2. The summed E-state index contributed by atoms with van der Waals surface area (Å²) in [5.41, 5.74) is 0.891. The number of hydrogen-bond donors (Lipinski definition) is 1. The summed E-state index contributed by atoms with van der Waals surface area (Å²) in [4.78, 5) is 56.3. The van der Waals surface area contributed by atoms with E-state index >= 15 is 0 Å². The summed E-state index contributed by atoms with van der Waals surface area (Å²) in [6, 6.07) is 4.22. The van der Waals surface area contributed by atoms with Gasteiger partial charge in [-0.1, -0.05) is 0 Å². The highest BCUT2D eigenvalue weighted by Gasteiger charge is 2.45. The second-order valence-electron chi connectivity index (χ2n) is 14.7. The summed E-state index contributed by atoms with van der Waals surface area (Å²) in [5.74, 6) is -9.64. The maximum atomic E-state index is 14.0. The number of amides is 6. The van der Waals surface area contributed by atoms with Gasteiger partial charge in [-0.15, -0.1) is 0 Å². The van der Waals surface area contributed by atoms with Crippen molar-refractivity contribution in [2.45, 2.75) is 76.8 Å². The van der Waals surface area contributed by atoms with Gasteiger partial charge in [0.2, 0.25) is 11.8 Å². The molecule has 16 nitrogen and oxygen atoms in total. The van der Waals surface area contributed by atoms with Crippen molar-refractivity contribution in [2.75, 3.05) is 37.6 Å². The lowest BCUT2D eigenvalue weighted by Crippen LogP contribution is -2.57. The zero-order valence-corrected chi connectivity index (χ0v) is 32.7. The molecule has 8 rings (SSSR count). The molecule has 6 amide bonds. The SMILES string of the molecule is CO[C@@H]1CC(=O)N(C2c3ccnn3CC(C)N2C(=O)Nc2cc(F)c(F)c(F)c2)C1.CO[C@H]1CC(=O)N(N(C(=O)N2Cc3ccnn3CC2C)c2cc(F)c(F)c(F)c2)C1. The Bertz CT molecular complexity index is 2260. The van der Waals surface area contributed by atoms with Gasteiger partial charge in [-0.25, -0.2) is 40.9 Å². The van der Waals surface area contributed by atoms with Crippen LogP contribution < -0.4 is 10.3 Å². The molecular weight excluding hydrogens is 806 g/mol. The Labute approximate surface area is 338 Å². The lowest BCUT2D eigenvalue weighted by molar-refractivity contribution is -0.134. The average Bonchev–Trinajstić information content (AvgIpc) is 4.02. The lowest BCUT2D eigenvalue weighted by Gasteiger charge is -2.44. The van der Waals surface area contributed by atoms with E-state index < -0.39 is 71.2 Å². The van der Waals surface area contributed by atoms with Gasteiger partial charge in [0.05, 0.1) is 80.4 Å². The van der Waals surface area contributed by atoms with Crippen LogP contribution in [0.25, 0.3) is 0 Å². The van der Waals surface area contributed by atoms with Gasteiger partial charge in [0.25, 0.3) is 0 Å². The second-order valence-corrected chi connectivity index (χ2v) is 14.7. The highest BCUT2D eigenvalue weighted by Crippen LogP contribution is 2.36. The van der Waals surface area contributed by atoms with Gasteiger partial charge in [-0.3, -0.25) is 23.9 Å². The summed E-state index contributed by atoms with van der Waals surface area (Å²) >= 11 is 0. The van der Waals surface area contributed by atoms with Crippen molar-refractivity contribution in [3.05, 3.63) is 95.1 Å². The van der Waals surface area contributed by atoms with E-state index in [0.29, 0.717) is 43.0 Å². The summed E-state index contributed by atoms with van der Waals surface area (Å²) in [6.07, 6.45) is 1.81. The Kier molecular flexibility index (Phi) is 11.8. The van der Waals surface area contributed by atoms with Crippen LogP contribution in [0.1, 0.15) is 44.2 Å². The Morgan fingerprint density at radius 3 is 1.93 bits per heavy atom. The van der Waals surface area contributed by atoms with E-state index in [1.54, 1.807) is 47.7 Å². The van der Waals surface area contributed by atoms with Gasteiger partial charge in [0, 0.05) is 63.1 Å². The van der Waals surface area contributed by atoms with Gasteiger partial charge in [-0.05, 0) is 26.0 Å². The van der Waals surface area contributed by atoms with Crippen LogP contribution in [0, 0.1) is 34.9 Å². The number of urea groups is 2. The van der Waals surface area contributed by atoms with Crippen molar-refractivity contribution in [3.63, 3.8) is 0 Å². The zero-order chi connectivity index (χ0) is 43.2. The van der Waals surface area contributed by atoms with Gasteiger partial charge in [0.15, 0.2) is 41.1 Å². The quantitative estimate of drug-likeness (QED) is 0.216. The van der Waals surface area contributed by atoms with Crippen LogP contribution in [0.15, 0.2) is 48.8 Å². The molecule has 4 aliphatic rings. The highest BCUT2D eigenvalue weighted by atomic mass is 19.2. The Balaban J connectivity index is 0.000000181. The van der Waals surface area contributed by atoms with Crippen molar-refractivity contribution >= 4 is 35.3 Å². The fraction of sp³-hybridized carbons (Fsp3) is 0.421. The fourth-order valence-corrected chi connectivity index (χ4v) is 7.71. The van der Waals surface area contributed by atoms with Crippen LogP contribution in [0.4, 0.5) is 47.3 Å². The third-order valence-electron chi connectivity index (χ3n) is 10.8. The van der Waals surface area contributed by atoms with Crippen LogP contribution in [0.2, 0.25) is 0 Å². The monoisotopic (exact) mass is 846 g/mol. The minimum absolute atomic E-state index is 0.00869. The molecule has 2 saturated heterocycles. The van der Waals surface area contributed by atoms with Crippen LogP contribution in [0.5, 0.6) is 0 Å². The number of ether oxygens (including phenoxy) is 2. The average molecular weight is 847 g/mol. The maximum Gasteiger partial charge on any atom is 0.344 e. The van der Waals surface area contributed by atoms with Gasteiger partial charge < -0.3 is 24.6 Å². The predicted octanol–water partition coefficient (Wildman–Crippen LogP) is 4.78. The summed E-state index contributed by atoms with van der Waals surface area (Å²) in [5, 5.41) is 12.8. The number of benzene rings is 2. The van der Waals surface area contributed by atoms with E-state index in [0.717, 1.165) is 15.7 Å². The fourth-order valence-electron chi connectivity index (χ4n) is 7.71. The number of hydrogen-bond acceptors (Lipinski definition) is 8. The van der Waals surface area contributed by atoms with Crippen LogP contribution in [-0.2, 0) is 38.7 Å². The first-order valence-corrected chi connectivity index (χ1v) is 18.8. The number of nitrogens with zero attached hydrogens (tertiary/aromatic N) is 9. The first-order valence-electron chi connectivity index (χ1n) is 18.8. The number of aromatic nitrogens is 4. The van der Waals surface area contributed by atoms with E-state index in [1.807, 2.05) is 0 Å². The van der Waals surface area contributed by atoms with Crippen LogP contribution in [-0.4, -0.2) is 115 Å². The molecule has 5 atom stereocenters. The molecule has 0 spiro atoms. The van der Waals surface area contributed by atoms with E-state index in [4.69, 9.17) is 9.47 Å². The Morgan fingerprint density at radius 1 is 0.750 bits per heavy atom. The predicted molar refractivity (Wildman–Crippen MR) is 197 cm³/mol. The molecule has 4 aliphatic heterocycles. The zero-order valence-electron chi connectivity index (χ0n) is 32.7. The molecule has 3 unspecified atom stereocenters. The number of rotatable bonds is 6. The molecule has 320 valence electrons. The van der Waals surface area contributed by atoms with Gasteiger partial charge >= 0.3 is 12.1 Å². The van der Waals surface area contributed by atoms with Crippen LogP contribution in [0.3, 0.4) is 0 Å². The van der Waals surface area contributed by atoms with Crippen molar-refractivity contribution in [1.82, 2.24) is 39.3 Å². The molecule has 4 aromatic rings. The third kappa shape index (κ3) is 7.95. The molecule has 0 bridgehead atoms. The lowest BCUT2D eigenvalue weighted by atomic mass is 10.1.